The molecule has 5 rings (SSSR count). The second kappa shape index (κ2) is 45.8. The number of carbonyl (C=O) groups excluding carboxylic acids is 11. The molecule has 608 valence electrons. The molecule has 1 heterocycles. The first-order valence-electron chi connectivity index (χ1n) is 32.6. The van der Waals surface area contributed by atoms with Gasteiger partial charge in [-0.3, -0.25) is 62.7 Å². The SMILES string of the molecule is NC(=O)CC[C@H](NC(=O)[C@H](Cc1ccccc1)NC(=O)[C@@H](N)Cc1ccc(C(=O)c2ccccc2)cc1)C(=O)N[C@@H](CC(N)=O)C(=O)N[C@@H](CCCN=C(N)N)C(=O)N1CCC[C@H]1C(=O)N[C@@H](CCCN=C(N)N)C(=O)N[C@@H](Cc1ccc(O)c(I)c1)C(N)=O.O=C(O)C(F)(F)F.O=C(O)C(F)(F)F.O=C(O)C(F)(F)F. The third kappa shape index (κ3) is 36.2. The van der Waals surface area contributed by atoms with Gasteiger partial charge < -0.3 is 103 Å². The minimum Gasteiger partial charge on any atom is -0.507 e. The number of likely N-dealkylation sites (tertiary alicyclic amines) is 1. The van der Waals surface area contributed by atoms with E-state index in [9.17, 15) is 97.4 Å². The van der Waals surface area contributed by atoms with E-state index in [1.165, 1.54) is 11.0 Å². The van der Waals surface area contributed by atoms with E-state index in [-0.39, 0.29) is 101 Å². The Morgan fingerprint density at radius 1 is 0.486 bits per heavy atom. The van der Waals surface area contributed by atoms with Crippen LogP contribution >= 0.6 is 22.6 Å². The standard InChI is InChI=1S/C60H78IN17O12.3C2HF3O2/c61-38-28-35(19-23-47(38)79)31-43(51(65)83)75-53(85)40(14-7-25-70-59(66)67)73-57(89)46-16-9-27-78(46)58(90)42(15-8-26-71-60(68)69)74-56(88)45(32-49(64)81)77-54(86)41(22-24-48(63)80)72-55(87)44(30-33-10-3-1-4-11-33)76-52(84)39(62)29-34-17-20-37(21-18-34)50(82)36-12-5-2-6-13-36;3*3-2(4,5)1(6)7/h1-6,10-13,17-21,23,28,39-46,79H,7-9,14-16,22,24-27,29-32,62H2,(H2,63,80)(H2,64,81)(H2,65,83)(H,72,87)(H,73,89)(H,74,88)(H,75,85)(H,76,84)(H,77,86)(H4,66,67,70)(H4,68,69,71);3*(H,6,7)/t39-,40-,41-,42-,43-,44-,45-,46-;;;/m0.../s1. The van der Waals surface area contributed by atoms with E-state index in [0.717, 1.165) is 0 Å². The lowest BCUT2D eigenvalue weighted by atomic mass is 9.99. The summed E-state index contributed by atoms with van der Waals surface area (Å²) >= 11 is 1.90. The van der Waals surface area contributed by atoms with E-state index in [2.05, 4.69) is 41.9 Å². The topological polar surface area (TPSA) is 628 Å². The number of nitrogens with two attached hydrogens (primary N) is 8. The number of nitrogens with zero attached hydrogens (tertiary/aromatic N) is 3. The van der Waals surface area contributed by atoms with Crippen LogP contribution in [0.25, 0.3) is 0 Å². The molecule has 0 bridgehead atoms. The Labute approximate surface area is 638 Å². The molecule has 111 heavy (non-hydrogen) atoms. The van der Waals surface area contributed by atoms with E-state index in [0.29, 0.717) is 31.4 Å². The number of guanidine groups is 2. The summed E-state index contributed by atoms with van der Waals surface area (Å²) in [5.74, 6) is -18.1. The predicted molar refractivity (Wildman–Crippen MR) is 381 cm³/mol. The number of halogens is 10. The number of hydrogen-bond donors (Lipinski definition) is 18. The minimum absolute atomic E-state index is 0.0000373. The lowest BCUT2D eigenvalue weighted by Gasteiger charge is -2.31. The van der Waals surface area contributed by atoms with E-state index in [1.807, 2.05) is 22.6 Å². The molecule has 0 spiro atoms. The fourth-order valence-electron chi connectivity index (χ4n) is 9.73. The summed E-state index contributed by atoms with van der Waals surface area (Å²) in [6.07, 6.45) is -16.9. The number of ketones is 1. The fourth-order valence-corrected chi connectivity index (χ4v) is 10.3. The Balaban J connectivity index is 0.00000174. The van der Waals surface area contributed by atoms with Gasteiger partial charge in [-0.2, -0.15) is 39.5 Å². The summed E-state index contributed by atoms with van der Waals surface area (Å²) in [7, 11) is 0. The van der Waals surface area contributed by atoms with E-state index in [4.69, 9.17) is 75.6 Å². The molecule has 35 nitrogen and oxygen atoms in total. The zero-order valence-electron chi connectivity index (χ0n) is 58.3. The average molecular weight is 1700 g/mol. The summed E-state index contributed by atoms with van der Waals surface area (Å²) in [5, 5.41) is 46.8. The maximum Gasteiger partial charge on any atom is 0.490 e. The van der Waals surface area contributed by atoms with Crippen molar-refractivity contribution in [3.05, 3.63) is 135 Å². The second-order valence-electron chi connectivity index (χ2n) is 23.8. The van der Waals surface area contributed by atoms with Gasteiger partial charge in [-0.1, -0.05) is 91.0 Å². The molecule has 26 N–H and O–H groups in total. The Kier molecular flexibility index (Phi) is 39.2. The summed E-state index contributed by atoms with van der Waals surface area (Å²) < 4.78 is 95.7. The molecule has 1 aliphatic rings. The highest BCUT2D eigenvalue weighted by Gasteiger charge is 2.42. The summed E-state index contributed by atoms with van der Waals surface area (Å²) in [6.45, 7) is 0.00177. The Morgan fingerprint density at radius 2 is 0.892 bits per heavy atom. The largest absolute Gasteiger partial charge is 0.507 e. The Hall–Kier alpha value is -11.9. The molecule has 0 radical (unpaired) electrons. The van der Waals surface area contributed by atoms with Gasteiger partial charge in [0.15, 0.2) is 17.7 Å². The maximum atomic E-state index is 14.7. The molecule has 4 aromatic rings. The van der Waals surface area contributed by atoms with Gasteiger partial charge >= 0.3 is 36.4 Å². The number of phenolic OH excluding ortho intramolecular Hbond substituents is 1. The zero-order valence-corrected chi connectivity index (χ0v) is 60.4. The van der Waals surface area contributed by atoms with E-state index < -0.39 is 163 Å². The predicted octanol–water partition coefficient (Wildman–Crippen LogP) is -0.884. The van der Waals surface area contributed by atoms with Crippen LogP contribution in [-0.2, 0) is 81.6 Å². The summed E-state index contributed by atoms with van der Waals surface area (Å²) in [5.41, 5.74) is 47.9. The number of amides is 10. The number of aliphatic imine (C=N–C) groups is 2. The van der Waals surface area contributed by atoms with Crippen molar-refractivity contribution < 1.29 is 127 Å². The third-order valence-corrected chi connectivity index (χ3v) is 16.0. The normalized spacial score (nSPS) is 14.2. The van der Waals surface area contributed by atoms with Crippen molar-refractivity contribution in [3.63, 3.8) is 0 Å². The number of carboxylic acid groups (broad SMARTS) is 3. The lowest BCUT2D eigenvalue weighted by molar-refractivity contribution is -0.193. The lowest BCUT2D eigenvalue weighted by Crippen LogP contribution is -2.60. The number of primary amides is 3. The van der Waals surface area contributed by atoms with E-state index in [1.54, 1.807) is 97.1 Å². The first-order valence-corrected chi connectivity index (χ1v) is 33.7. The molecular formula is C66H81F9IN17O18. The number of nitrogens with one attached hydrogen (secondary N) is 6. The van der Waals surface area contributed by atoms with Crippen molar-refractivity contribution in [2.45, 2.75) is 144 Å². The van der Waals surface area contributed by atoms with Crippen LogP contribution in [0.2, 0.25) is 0 Å². The summed E-state index contributed by atoms with van der Waals surface area (Å²) in [6, 6.07) is 16.8. The first kappa shape index (κ1) is 95.1. The molecule has 0 saturated carbocycles. The molecule has 0 aliphatic carbocycles. The molecule has 45 heteroatoms. The molecule has 8 atom stereocenters. The van der Waals surface area contributed by atoms with Crippen molar-refractivity contribution in [2.24, 2.45) is 55.9 Å². The van der Waals surface area contributed by atoms with Gasteiger partial charge in [0.1, 0.15) is 48.0 Å². The number of hydrogen-bond acceptors (Lipinski definition) is 18. The van der Waals surface area contributed by atoms with Crippen LogP contribution in [-0.4, -0.2) is 207 Å². The highest BCUT2D eigenvalue weighted by Crippen LogP contribution is 2.24. The quantitative estimate of drug-likeness (QED) is 0.00664. The van der Waals surface area contributed by atoms with E-state index >= 15 is 0 Å². The van der Waals surface area contributed by atoms with Crippen LogP contribution in [0.3, 0.4) is 0 Å². The van der Waals surface area contributed by atoms with Gasteiger partial charge in [0.2, 0.25) is 59.1 Å². The number of aliphatic carboxylic acids is 3. The fraction of sp³-hybridized carbons (Fsp3) is 0.394. The molecule has 1 aliphatic heterocycles. The van der Waals surface area contributed by atoms with Gasteiger partial charge in [0, 0.05) is 50.0 Å². The Morgan fingerprint density at radius 3 is 1.36 bits per heavy atom. The van der Waals surface area contributed by atoms with Crippen molar-refractivity contribution in [3.8, 4) is 5.75 Å². The van der Waals surface area contributed by atoms with Crippen molar-refractivity contribution in [1.82, 2.24) is 36.8 Å². The van der Waals surface area contributed by atoms with Crippen molar-refractivity contribution in [2.75, 3.05) is 19.6 Å². The molecular weight excluding hydrogens is 1620 g/mol. The smallest absolute Gasteiger partial charge is 0.490 e. The number of rotatable bonds is 35. The Bertz CT molecular complexity index is 3900. The highest BCUT2D eigenvalue weighted by molar-refractivity contribution is 14.1. The number of carboxylic acids is 3. The van der Waals surface area contributed by atoms with Crippen LogP contribution in [0.5, 0.6) is 5.75 Å². The molecule has 0 unspecified atom stereocenters. The zero-order chi connectivity index (χ0) is 84.3. The van der Waals surface area contributed by atoms with Crippen LogP contribution in [0, 0.1) is 3.57 Å². The van der Waals surface area contributed by atoms with Gasteiger partial charge in [0.25, 0.3) is 0 Å². The van der Waals surface area contributed by atoms with Crippen LogP contribution < -0.4 is 77.8 Å². The number of alkyl halides is 9. The third-order valence-electron chi connectivity index (χ3n) is 15.1. The first-order chi connectivity index (χ1) is 51.6. The van der Waals surface area contributed by atoms with Crippen molar-refractivity contribution in [1.29, 1.82) is 0 Å². The maximum absolute atomic E-state index is 14.7. The number of carbonyl (C=O) groups is 14. The molecule has 4 aromatic carbocycles. The molecule has 1 fully saturated rings. The monoisotopic (exact) mass is 1700 g/mol. The van der Waals surface area contributed by atoms with Gasteiger partial charge in [-0.15, -0.1) is 0 Å². The average Bonchev–Trinajstić information content (AvgIpc) is 1.79. The molecule has 0 aromatic heterocycles. The van der Waals surface area contributed by atoms with Crippen LogP contribution in [0.15, 0.2) is 113 Å². The summed E-state index contributed by atoms with van der Waals surface area (Å²) in [4.78, 5) is 186. The number of aromatic hydroxyl groups is 1. The van der Waals surface area contributed by atoms with Gasteiger partial charge in [0.05, 0.1) is 16.0 Å². The van der Waals surface area contributed by atoms with Gasteiger partial charge in [-0.25, -0.2) is 14.4 Å². The second-order valence-corrected chi connectivity index (χ2v) is 25.0. The van der Waals surface area contributed by atoms with Crippen LogP contribution in [0.1, 0.15) is 90.4 Å². The number of phenols is 1. The molecule has 1 saturated heterocycles. The highest BCUT2D eigenvalue weighted by atomic mass is 127. The molecule has 10 amide bonds. The number of benzene rings is 4. The van der Waals surface area contributed by atoms with Crippen molar-refractivity contribution >= 4 is 117 Å². The van der Waals surface area contributed by atoms with Crippen LogP contribution in [0.4, 0.5) is 39.5 Å². The van der Waals surface area contributed by atoms with Gasteiger partial charge in [-0.05, 0) is 103 Å². The minimum atomic E-state index is -5.08.